The summed E-state index contributed by atoms with van der Waals surface area (Å²) in [4.78, 5) is 4.76. The lowest BCUT2D eigenvalue weighted by Crippen LogP contribution is -2.25. The third kappa shape index (κ3) is 1.93. The molecule has 1 N–H and O–H groups in total. The van der Waals surface area contributed by atoms with E-state index < -0.39 is 0 Å². The largest absolute Gasteiger partial charge is 0.314 e. The Morgan fingerprint density at radius 2 is 1.89 bits per heavy atom. The highest BCUT2D eigenvalue weighted by molar-refractivity contribution is 9.11. The number of rotatable bonds is 0. The van der Waals surface area contributed by atoms with Gasteiger partial charge in [-0.3, -0.25) is 5.41 Å². The Hall–Kier alpha value is -0.680. The van der Waals surface area contributed by atoms with E-state index in [0.29, 0.717) is 5.49 Å². The summed E-state index contributed by atoms with van der Waals surface area (Å²) in [5.74, 6) is 1.05. The SMILES string of the molecule is N=c1c2c(Br)ccc(Br)c2nc2n1CCCCC2. The van der Waals surface area contributed by atoms with Gasteiger partial charge in [0.15, 0.2) is 0 Å². The minimum atomic E-state index is 0.574. The highest BCUT2D eigenvalue weighted by Crippen LogP contribution is 2.27. The number of aromatic nitrogens is 2. The molecule has 0 spiro atoms. The standard InChI is InChI=1S/C13H13Br2N3/c14-8-5-6-9(15)12-11(8)13(16)18-7-3-1-2-4-10(18)17-12/h5-6,16H,1-4,7H2. The summed E-state index contributed by atoms with van der Waals surface area (Å²) >= 11 is 7.07. The van der Waals surface area contributed by atoms with Crippen LogP contribution in [0.2, 0.25) is 0 Å². The molecule has 3 rings (SSSR count). The van der Waals surface area contributed by atoms with Crippen LogP contribution in [0.25, 0.3) is 10.9 Å². The fourth-order valence-corrected chi connectivity index (χ4v) is 3.42. The first-order valence-electron chi connectivity index (χ1n) is 6.10. The van der Waals surface area contributed by atoms with Crippen molar-refractivity contribution in [3.05, 3.63) is 32.4 Å². The molecular formula is C13H13Br2N3. The summed E-state index contributed by atoms with van der Waals surface area (Å²) in [6, 6.07) is 3.95. The Balaban J connectivity index is 2.42. The van der Waals surface area contributed by atoms with Crippen LogP contribution >= 0.6 is 31.9 Å². The number of halogens is 2. The average Bonchev–Trinajstić information content (AvgIpc) is 2.59. The molecule has 5 heteroatoms. The molecule has 0 saturated carbocycles. The molecule has 1 aliphatic rings. The van der Waals surface area contributed by atoms with Gasteiger partial charge in [-0.25, -0.2) is 4.98 Å². The Morgan fingerprint density at radius 3 is 2.72 bits per heavy atom. The van der Waals surface area contributed by atoms with Gasteiger partial charge in [-0.05, 0) is 56.8 Å². The molecule has 0 bridgehead atoms. The summed E-state index contributed by atoms with van der Waals surface area (Å²) in [6.07, 6.45) is 4.51. The van der Waals surface area contributed by atoms with Gasteiger partial charge in [0.05, 0.1) is 10.9 Å². The van der Waals surface area contributed by atoms with E-state index in [0.717, 1.165) is 45.1 Å². The van der Waals surface area contributed by atoms with E-state index >= 15 is 0 Å². The van der Waals surface area contributed by atoms with E-state index in [2.05, 4.69) is 36.4 Å². The number of nitrogens with one attached hydrogen (secondary N) is 1. The number of aryl methyl sites for hydroxylation is 1. The zero-order valence-corrected chi connectivity index (χ0v) is 13.0. The smallest absolute Gasteiger partial charge is 0.136 e. The van der Waals surface area contributed by atoms with Crippen molar-refractivity contribution in [2.75, 3.05) is 0 Å². The summed E-state index contributed by atoms with van der Waals surface area (Å²) in [5.41, 5.74) is 1.47. The van der Waals surface area contributed by atoms with E-state index in [1.165, 1.54) is 12.8 Å². The maximum absolute atomic E-state index is 8.42. The monoisotopic (exact) mass is 369 g/mol. The Labute approximate surface area is 122 Å². The number of nitrogens with zero attached hydrogens (tertiary/aromatic N) is 2. The van der Waals surface area contributed by atoms with Crippen molar-refractivity contribution in [1.82, 2.24) is 9.55 Å². The van der Waals surface area contributed by atoms with E-state index in [4.69, 9.17) is 10.4 Å². The minimum Gasteiger partial charge on any atom is -0.314 e. The summed E-state index contributed by atoms with van der Waals surface area (Å²) in [7, 11) is 0. The summed E-state index contributed by atoms with van der Waals surface area (Å²) in [6.45, 7) is 0.913. The van der Waals surface area contributed by atoms with Crippen molar-refractivity contribution in [2.24, 2.45) is 0 Å². The third-order valence-electron chi connectivity index (χ3n) is 3.42. The summed E-state index contributed by atoms with van der Waals surface area (Å²) < 4.78 is 3.96. The molecule has 0 fully saturated rings. The van der Waals surface area contributed by atoms with Gasteiger partial charge in [-0.2, -0.15) is 0 Å². The predicted molar refractivity (Wildman–Crippen MR) is 78.5 cm³/mol. The van der Waals surface area contributed by atoms with Crippen LogP contribution in [0.5, 0.6) is 0 Å². The molecular weight excluding hydrogens is 358 g/mol. The second-order valence-electron chi connectivity index (χ2n) is 4.59. The van der Waals surface area contributed by atoms with Gasteiger partial charge < -0.3 is 4.57 Å². The summed E-state index contributed by atoms with van der Waals surface area (Å²) in [5, 5.41) is 9.32. The van der Waals surface area contributed by atoms with Gasteiger partial charge in [0, 0.05) is 21.9 Å². The number of fused-ring (bicyclic) bond motifs is 2. The first-order valence-corrected chi connectivity index (χ1v) is 7.69. The van der Waals surface area contributed by atoms with Gasteiger partial charge >= 0.3 is 0 Å². The lowest BCUT2D eigenvalue weighted by Gasteiger charge is -2.13. The molecule has 2 aromatic rings. The lowest BCUT2D eigenvalue weighted by atomic mass is 10.2. The molecule has 1 aromatic carbocycles. The zero-order valence-electron chi connectivity index (χ0n) is 9.84. The van der Waals surface area contributed by atoms with Crippen LogP contribution in [0.15, 0.2) is 21.1 Å². The topological polar surface area (TPSA) is 41.7 Å². The molecule has 0 aliphatic carbocycles. The van der Waals surface area contributed by atoms with Gasteiger partial charge in [0.1, 0.15) is 11.3 Å². The average molecular weight is 371 g/mol. The molecule has 1 aliphatic heterocycles. The van der Waals surface area contributed by atoms with E-state index in [1.54, 1.807) is 0 Å². The molecule has 3 nitrogen and oxygen atoms in total. The quantitative estimate of drug-likeness (QED) is 0.753. The molecule has 1 aromatic heterocycles. The normalized spacial score (nSPS) is 15.4. The number of hydrogen-bond acceptors (Lipinski definition) is 2. The van der Waals surface area contributed by atoms with E-state index in [9.17, 15) is 0 Å². The molecule has 0 saturated heterocycles. The van der Waals surface area contributed by atoms with Gasteiger partial charge in [-0.15, -0.1) is 0 Å². The molecule has 94 valence electrons. The second kappa shape index (κ2) is 4.78. The zero-order chi connectivity index (χ0) is 12.7. The predicted octanol–water partition coefficient (Wildman–Crippen LogP) is 3.77. The van der Waals surface area contributed by atoms with Crippen molar-refractivity contribution in [3.63, 3.8) is 0 Å². The minimum absolute atomic E-state index is 0.574. The van der Waals surface area contributed by atoms with Gasteiger partial charge in [0.2, 0.25) is 0 Å². The first kappa shape index (κ1) is 12.4. The maximum Gasteiger partial charge on any atom is 0.136 e. The fraction of sp³-hybridized carbons (Fsp3) is 0.385. The van der Waals surface area contributed by atoms with Crippen LogP contribution in [-0.4, -0.2) is 9.55 Å². The van der Waals surface area contributed by atoms with Crippen LogP contribution in [-0.2, 0) is 13.0 Å². The Bertz CT molecular complexity index is 676. The fourth-order valence-electron chi connectivity index (χ4n) is 2.49. The molecule has 0 radical (unpaired) electrons. The van der Waals surface area contributed by atoms with Crippen LogP contribution in [0.1, 0.15) is 25.1 Å². The first-order chi connectivity index (χ1) is 8.68. The van der Waals surface area contributed by atoms with E-state index in [1.807, 2.05) is 12.1 Å². The third-order valence-corrected chi connectivity index (χ3v) is 4.72. The second-order valence-corrected chi connectivity index (χ2v) is 6.30. The Morgan fingerprint density at radius 1 is 1.11 bits per heavy atom. The Kier molecular flexibility index (Phi) is 3.28. The van der Waals surface area contributed by atoms with Crippen LogP contribution in [0.4, 0.5) is 0 Å². The number of hydrogen-bond donors (Lipinski definition) is 1. The van der Waals surface area contributed by atoms with Crippen molar-refractivity contribution < 1.29 is 0 Å². The maximum atomic E-state index is 8.42. The van der Waals surface area contributed by atoms with Crippen LogP contribution in [0, 0.1) is 5.41 Å². The van der Waals surface area contributed by atoms with Crippen molar-refractivity contribution in [2.45, 2.75) is 32.2 Å². The highest BCUT2D eigenvalue weighted by atomic mass is 79.9. The number of benzene rings is 1. The van der Waals surface area contributed by atoms with Crippen molar-refractivity contribution in [1.29, 1.82) is 5.41 Å². The van der Waals surface area contributed by atoms with Crippen LogP contribution in [0.3, 0.4) is 0 Å². The molecule has 0 atom stereocenters. The van der Waals surface area contributed by atoms with Crippen molar-refractivity contribution in [3.8, 4) is 0 Å². The molecule has 0 unspecified atom stereocenters. The lowest BCUT2D eigenvalue weighted by molar-refractivity contribution is 0.602. The highest BCUT2D eigenvalue weighted by Gasteiger charge is 2.14. The molecule has 2 heterocycles. The van der Waals surface area contributed by atoms with Gasteiger partial charge in [0.25, 0.3) is 0 Å². The molecule has 18 heavy (non-hydrogen) atoms. The van der Waals surface area contributed by atoms with Crippen LogP contribution < -0.4 is 5.49 Å². The van der Waals surface area contributed by atoms with E-state index in [-0.39, 0.29) is 0 Å². The van der Waals surface area contributed by atoms with Crippen molar-refractivity contribution >= 4 is 42.8 Å². The van der Waals surface area contributed by atoms with Gasteiger partial charge in [-0.1, -0.05) is 6.42 Å². The molecule has 0 amide bonds.